The summed E-state index contributed by atoms with van der Waals surface area (Å²) in [6, 6.07) is 14.9. The summed E-state index contributed by atoms with van der Waals surface area (Å²) in [7, 11) is 1.60. The molecule has 1 heterocycles. The number of ether oxygens (including phenoxy) is 2. The molecule has 1 aromatic heterocycles. The van der Waals surface area contributed by atoms with E-state index in [4.69, 9.17) is 21.1 Å². The van der Waals surface area contributed by atoms with Crippen LogP contribution in [0, 0.1) is 0 Å². The van der Waals surface area contributed by atoms with E-state index in [9.17, 15) is 4.79 Å². The summed E-state index contributed by atoms with van der Waals surface area (Å²) in [5.74, 6) is 2.12. The molecular formula is C22H22ClN3O3S. The smallest absolute Gasteiger partial charge is 0.192 e. The SMILES string of the molecule is COc1ccc(C(=O)C(C)Sc2nnc(COc3ccccc3Cl)n2C2CC2)cc1. The second-order valence-electron chi connectivity index (χ2n) is 7.07. The number of para-hydroxylation sites is 1. The van der Waals surface area contributed by atoms with Crippen LogP contribution in [-0.2, 0) is 6.61 Å². The van der Waals surface area contributed by atoms with Gasteiger partial charge in [-0.15, -0.1) is 10.2 Å². The molecule has 0 amide bonds. The number of rotatable bonds is 9. The molecule has 0 saturated heterocycles. The number of aromatic nitrogens is 3. The zero-order chi connectivity index (χ0) is 21.1. The average Bonchev–Trinajstić information content (AvgIpc) is 3.53. The Morgan fingerprint density at radius 1 is 1.20 bits per heavy atom. The summed E-state index contributed by atoms with van der Waals surface area (Å²) < 4.78 is 13.1. The fourth-order valence-electron chi connectivity index (χ4n) is 3.09. The number of Topliss-reactive ketones (excluding diaryl/α,β-unsaturated/α-hetero) is 1. The van der Waals surface area contributed by atoms with Crippen LogP contribution in [0.25, 0.3) is 0 Å². The highest BCUT2D eigenvalue weighted by molar-refractivity contribution is 8.00. The molecule has 1 saturated carbocycles. The standard InChI is InChI=1S/C22H22ClN3O3S/c1-14(21(27)15-7-11-17(28-2)12-8-15)30-22-25-24-20(26(22)16-9-10-16)13-29-19-6-4-3-5-18(19)23/h3-8,11-12,14,16H,9-10,13H2,1-2H3. The summed E-state index contributed by atoms with van der Waals surface area (Å²) in [5.41, 5.74) is 0.649. The number of carbonyl (C=O) groups is 1. The van der Waals surface area contributed by atoms with Crippen molar-refractivity contribution in [3.8, 4) is 11.5 Å². The first-order chi connectivity index (χ1) is 14.6. The van der Waals surface area contributed by atoms with Gasteiger partial charge in [0.1, 0.15) is 18.1 Å². The third-order valence-corrected chi connectivity index (χ3v) is 6.24. The van der Waals surface area contributed by atoms with Crippen LogP contribution in [0.5, 0.6) is 11.5 Å². The Morgan fingerprint density at radius 3 is 2.60 bits per heavy atom. The predicted octanol–water partition coefficient (Wildman–Crippen LogP) is 5.22. The molecule has 6 nitrogen and oxygen atoms in total. The molecule has 0 spiro atoms. The van der Waals surface area contributed by atoms with E-state index in [1.165, 1.54) is 11.8 Å². The molecular weight excluding hydrogens is 422 g/mol. The number of methoxy groups -OCH3 is 1. The minimum atomic E-state index is -0.294. The second kappa shape index (κ2) is 9.10. The molecule has 0 N–H and O–H groups in total. The van der Waals surface area contributed by atoms with E-state index in [-0.39, 0.29) is 17.6 Å². The maximum atomic E-state index is 12.8. The summed E-state index contributed by atoms with van der Waals surface area (Å²) >= 11 is 7.60. The molecule has 0 radical (unpaired) electrons. The van der Waals surface area contributed by atoms with Gasteiger partial charge in [0.2, 0.25) is 0 Å². The number of ketones is 1. The van der Waals surface area contributed by atoms with Crippen LogP contribution in [0.1, 0.15) is 42.0 Å². The summed E-state index contributed by atoms with van der Waals surface area (Å²) in [6.07, 6.45) is 2.15. The molecule has 1 aliphatic carbocycles. The third kappa shape index (κ3) is 4.63. The number of nitrogens with zero attached hydrogens (tertiary/aromatic N) is 3. The highest BCUT2D eigenvalue weighted by atomic mass is 35.5. The van der Waals surface area contributed by atoms with Gasteiger partial charge in [-0.05, 0) is 56.2 Å². The topological polar surface area (TPSA) is 66.2 Å². The maximum Gasteiger partial charge on any atom is 0.192 e. The van der Waals surface area contributed by atoms with E-state index in [1.54, 1.807) is 37.4 Å². The van der Waals surface area contributed by atoms with Gasteiger partial charge in [0.05, 0.1) is 17.4 Å². The average molecular weight is 444 g/mol. The maximum absolute atomic E-state index is 12.8. The molecule has 8 heteroatoms. The highest BCUT2D eigenvalue weighted by Gasteiger charge is 2.31. The number of halogens is 1. The predicted molar refractivity (Wildman–Crippen MR) is 117 cm³/mol. The van der Waals surface area contributed by atoms with Crippen LogP contribution < -0.4 is 9.47 Å². The molecule has 1 fully saturated rings. The first-order valence-corrected chi connectivity index (χ1v) is 11.0. The fraction of sp³-hybridized carbons (Fsp3) is 0.318. The Bertz CT molecular complexity index is 1030. The zero-order valence-corrected chi connectivity index (χ0v) is 18.3. The van der Waals surface area contributed by atoms with Crippen LogP contribution >= 0.6 is 23.4 Å². The molecule has 30 heavy (non-hydrogen) atoms. The molecule has 0 aliphatic heterocycles. The van der Waals surface area contributed by atoms with E-state index in [0.717, 1.165) is 29.6 Å². The molecule has 1 aliphatic rings. The van der Waals surface area contributed by atoms with Gasteiger partial charge >= 0.3 is 0 Å². The van der Waals surface area contributed by atoms with Crippen molar-refractivity contribution in [3.63, 3.8) is 0 Å². The largest absolute Gasteiger partial charge is 0.497 e. The van der Waals surface area contributed by atoms with Gasteiger partial charge in [0.25, 0.3) is 0 Å². The van der Waals surface area contributed by atoms with E-state index in [0.29, 0.717) is 22.4 Å². The van der Waals surface area contributed by atoms with Crippen molar-refractivity contribution in [2.45, 2.75) is 42.8 Å². The Labute approximate surface area is 184 Å². The van der Waals surface area contributed by atoms with Crippen LogP contribution in [0.4, 0.5) is 0 Å². The number of hydrogen-bond donors (Lipinski definition) is 0. The fourth-order valence-corrected chi connectivity index (χ4v) is 4.30. The molecule has 1 atom stereocenters. The monoisotopic (exact) mass is 443 g/mol. The van der Waals surface area contributed by atoms with Gasteiger partial charge in [-0.1, -0.05) is 35.5 Å². The minimum absolute atomic E-state index is 0.0434. The van der Waals surface area contributed by atoms with Crippen molar-refractivity contribution in [3.05, 3.63) is 64.9 Å². The van der Waals surface area contributed by atoms with Crippen molar-refractivity contribution in [1.82, 2.24) is 14.8 Å². The van der Waals surface area contributed by atoms with Gasteiger partial charge in [-0.25, -0.2) is 0 Å². The van der Waals surface area contributed by atoms with Crippen molar-refractivity contribution < 1.29 is 14.3 Å². The molecule has 0 bridgehead atoms. The summed E-state index contributed by atoms with van der Waals surface area (Å²) in [6.45, 7) is 2.16. The van der Waals surface area contributed by atoms with Crippen LogP contribution in [0.15, 0.2) is 53.7 Å². The molecule has 2 aromatic carbocycles. The lowest BCUT2D eigenvalue weighted by Gasteiger charge is -2.13. The lowest BCUT2D eigenvalue weighted by molar-refractivity contribution is 0.0994. The van der Waals surface area contributed by atoms with Crippen molar-refractivity contribution in [2.24, 2.45) is 0 Å². The Hall–Kier alpha value is -2.51. The van der Waals surface area contributed by atoms with Crippen LogP contribution in [-0.4, -0.2) is 32.9 Å². The normalized spacial score (nSPS) is 14.4. The van der Waals surface area contributed by atoms with E-state index in [2.05, 4.69) is 14.8 Å². The van der Waals surface area contributed by atoms with E-state index >= 15 is 0 Å². The number of carbonyl (C=O) groups excluding carboxylic acids is 1. The number of hydrogen-bond acceptors (Lipinski definition) is 6. The van der Waals surface area contributed by atoms with E-state index in [1.807, 2.05) is 25.1 Å². The molecule has 3 aromatic rings. The van der Waals surface area contributed by atoms with Gasteiger partial charge in [0.15, 0.2) is 16.8 Å². The van der Waals surface area contributed by atoms with Gasteiger partial charge in [0, 0.05) is 11.6 Å². The van der Waals surface area contributed by atoms with Gasteiger partial charge in [-0.2, -0.15) is 0 Å². The lowest BCUT2D eigenvalue weighted by atomic mass is 10.1. The Balaban J connectivity index is 1.47. The molecule has 1 unspecified atom stereocenters. The van der Waals surface area contributed by atoms with Crippen molar-refractivity contribution in [2.75, 3.05) is 7.11 Å². The summed E-state index contributed by atoms with van der Waals surface area (Å²) in [4.78, 5) is 12.8. The molecule has 4 rings (SSSR count). The minimum Gasteiger partial charge on any atom is -0.497 e. The number of benzene rings is 2. The lowest BCUT2D eigenvalue weighted by Crippen LogP contribution is -2.15. The Morgan fingerprint density at radius 2 is 1.93 bits per heavy atom. The quantitative estimate of drug-likeness (QED) is 0.334. The van der Waals surface area contributed by atoms with Gasteiger partial charge in [-0.3, -0.25) is 9.36 Å². The van der Waals surface area contributed by atoms with Crippen molar-refractivity contribution >= 4 is 29.1 Å². The van der Waals surface area contributed by atoms with Crippen LogP contribution in [0.3, 0.4) is 0 Å². The summed E-state index contributed by atoms with van der Waals surface area (Å²) in [5, 5.41) is 9.68. The number of thioether (sulfide) groups is 1. The Kier molecular flexibility index (Phi) is 6.29. The van der Waals surface area contributed by atoms with E-state index < -0.39 is 0 Å². The van der Waals surface area contributed by atoms with Gasteiger partial charge < -0.3 is 9.47 Å². The third-order valence-electron chi connectivity index (χ3n) is 4.87. The van der Waals surface area contributed by atoms with Crippen molar-refractivity contribution in [1.29, 1.82) is 0 Å². The second-order valence-corrected chi connectivity index (χ2v) is 8.79. The first-order valence-electron chi connectivity index (χ1n) is 9.73. The highest BCUT2D eigenvalue weighted by Crippen LogP contribution is 2.40. The first kappa shape index (κ1) is 20.8. The molecule has 156 valence electrons. The van der Waals surface area contributed by atoms with Crippen LogP contribution in [0.2, 0.25) is 5.02 Å². The zero-order valence-electron chi connectivity index (χ0n) is 16.7.